The highest BCUT2D eigenvalue weighted by atomic mass is 35.5. The van der Waals surface area contributed by atoms with Crippen molar-refractivity contribution in [2.75, 3.05) is 24.9 Å². The van der Waals surface area contributed by atoms with E-state index in [0.29, 0.717) is 12.1 Å². The zero-order chi connectivity index (χ0) is 22.3. The van der Waals surface area contributed by atoms with E-state index < -0.39 is 38.9 Å². The molecule has 12 heteroatoms. The highest BCUT2D eigenvalue weighted by Gasteiger charge is 2.32. The van der Waals surface area contributed by atoms with Gasteiger partial charge in [-0.15, -0.1) is 0 Å². The summed E-state index contributed by atoms with van der Waals surface area (Å²) >= 11 is 5.92. The number of carbonyl (C=O) groups excluding carboxylic acids is 1. The Balaban J connectivity index is 1.69. The number of likely N-dealkylation sites (N-methyl/N-ethyl adjacent to an activating group) is 1. The molecule has 0 saturated carbocycles. The van der Waals surface area contributed by atoms with Gasteiger partial charge < -0.3 is 10.3 Å². The first-order chi connectivity index (χ1) is 14.7. The summed E-state index contributed by atoms with van der Waals surface area (Å²) in [5.41, 5.74) is -1.12. The summed E-state index contributed by atoms with van der Waals surface area (Å²) in [5, 5.41) is 3.52. The van der Waals surface area contributed by atoms with Gasteiger partial charge in [-0.25, -0.2) is 13.8 Å². The number of nitrogens with zero attached hydrogens (tertiary/aromatic N) is 2. The lowest BCUT2D eigenvalue weighted by atomic mass is 10.0. The Labute approximate surface area is 181 Å². The quantitative estimate of drug-likeness (QED) is 0.481. The molecule has 1 atom stereocenters. The van der Waals surface area contributed by atoms with Crippen LogP contribution in [0.25, 0.3) is 11.0 Å². The van der Waals surface area contributed by atoms with Gasteiger partial charge in [-0.1, -0.05) is 11.6 Å². The molecule has 8 nitrogen and oxygen atoms in total. The topological polar surface area (TPSA) is 107 Å². The fourth-order valence-corrected chi connectivity index (χ4v) is 4.97. The van der Waals surface area contributed by atoms with Crippen LogP contribution in [0.3, 0.4) is 0 Å². The van der Waals surface area contributed by atoms with Crippen LogP contribution in [0, 0.1) is 11.6 Å². The van der Waals surface area contributed by atoms with Crippen molar-refractivity contribution >= 4 is 44.3 Å². The molecule has 1 saturated heterocycles. The molecule has 0 amide bonds. The molecule has 0 radical (unpaired) electrons. The average Bonchev–Trinajstić information content (AvgIpc) is 3.37. The third-order valence-electron chi connectivity index (χ3n) is 5.20. The van der Waals surface area contributed by atoms with Crippen LogP contribution in [-0.2, 0) is 10.2 Å². The molecule has 0 spiro atoms. The second-order valence-corrected chi connectivity index (χ2v) is 9.21. The van der Waals surface area contributed by atoms with Gasteiger partial charge in [0.05, 0.1) is 16.3 Å². The lowest BCUT2D eigenvalue weighted by Crippen LogP contribution is -2.37. The van der Waals surface area contributed by atoms with Gasteiger partial charge >= 0.3 is 10.2 Å². The number of aromatic nitrogens is 2. The molecule has 1 aliphatic rings. The summed E-state index contributed by atoms with van der Waals surface area (Å²) in [4.78, 5) is 19.7. The van der Waals surface area contributed by atoms with Crippen LogP contribution >= 0.6 is 11.6 Å². The Kier molecular flexibility index (Phi) is 5.69. The molecule has 0 aliphatic carbocycles. The highest BCUT2D eigenvalue weighted by molar-refractivity contribution is 7.90. The van der Waals surface area contributed by atoms with Crippen LogP contribution in [0.5, 0.6) is 0 Å². The van der Waals surface area contributed by atoms with Crippen molar-refractivity contribution in [2.24, 2.45) is 0 Å². The van der Waals surface area contributed by atoms with Gasteiger partial charge in [0.1, 0.15) is 11.5 Å². The number of rotatable bonds is 6. The number of halogens is 3. The zero-order valence-electron chi connectivity index (χ0n) is 16.2. The van der Waals surface area contributed by atoms with Crippen LogP contribution < -0.4 is 10.0 Å². The van der Waals surface area contributed by atoms with E-state index in [0.717, 1.165) is 16.4 Å². The van der Waals surface area contributed by atoms with E-state index >= 15 is 4.39 Å². The molecule has 3 N–H and O–H groups in total. The summed E-state index contributed by atoms with van der Waals surface area (Å²) < 4.78 is 58.2. The Bertz CT molecular complexity index is 1280. The van der Waals surface area contributed by atoms with E-state index in [2.05, 4.69) is 20.0 Å². The van der Waals surface area contributed by atoms with E-state index in [9.17, 15) is 17.6 Å². The predicted molar refractivity (Wildman–Crippen MR) is 112 cm³/mol. The molecular formula is C19H18ClF2N5O3S. The summed E-state index contributed by atoms with van der Waals surface area (Å²) in [5.74, 6) is -3.39. The highest BCUT2D eigenvalue weighted by Crippen LogP contribution is 2.29. The zero-order valence-corrected chi connectivity index (χ0v) is 17.8. The van der Waals surface area contributed by atoms with E-state index in [-0.39, 0.29) is 35.1 Å². The van der Waals surface area contributed by atoms with E-state index in [4.69, 9.17) is 11.6 Å². The number of nitrogens with one attached hydrogen (secondary N) is 3. The summed E-state index contributed by atoms with van der Waals surface area (Å²) in [7, 11) is -2.37. The monoisotopic (exact) mass is 469 g/mol. The number of fused-ring (bicyclic) bond motifs is 1. The van der Waals surface area contributed by atoms with E-state index in [1.54, 1.807) is 7.05 Å². The average molecular weight is 470 g/mol. The first-order valence-corrected chi connectivity index (χ1v) is 11.1. The Morgan fingerprint density at radius 2 is 2.13 bits per heavy atom. The molecule has 31 heavy (non-hydrogen) atoms. The minimum absolute atomic E-state index is 0.0194. The van der Waals surface area contributed by atoms with Gasteiger partial charge in [0.15, 0.2) is 5.82 Å². The molecule has 3 heterocycles. The molecular weight excluding hydrogens is 452 g/mol. The first-order valence-electron chi connectivity index (χ1n) is 9.31. The van der Waals surface area contributed by atoms with E-state index in [1.165, 1.54) is 18.5 Å². The number of ketones is 1. The maximum Gasteiger partial charge on any atom is 0.301 e. The van der Waals surface area contributed by atoms with Crippen molar-refractivity contribution in [1.82, 2.24) is 19.6 Å². The van der Waals surface area contributed by atoms with Crippen LogP contribution in [0.15, 0.2) is 30.6 Å². The Morgan fingerprint density at radius 3 is 2.84 bits per heavy atom. The SMILES string of the molecule is CNC1CCN(S(=O)(=O)Nc2ccc(F)c(C(=O)c3c[nH]c4ncc(Cl)cc34)c2F)C1. The second-order valence-electron chi connectivity index (χ2n) is 7.10. The van der Waals surface area contributed by atoms with Gasteiger partial charge in [-0.3, -0.25) is 9.52 Å². The fraction of sp³-hybridized carbons (Fsp3) is 0.263. The maximum atomic E-state index is 15.1. The van der Waals surface area contributed by atoms with Crippen molar-refractivity contribution in [3.8, 4) is 0 Å². The summed E-state index contributed by atoms with van der Waals surface area (Å²) in [6.45, 7) is 0.460. The van der Waals surface area contributed by atoms with Gasteiger partial charge in [-0.05, 0) is 31.7 Å². The molecule has 1 unspecified atom stereocenters. The number of anilines is 1. The third kappa shape index (κ3) is 4.01. The molecule has 1 aliphatic heterocycles. The number of aromatic amines is 1. The minimum Gasteiger partial charge on any atom is -0.345 e. The van der Waals surface area contributed by atoms with Crippen LogP contribution in [0.4, 0.5) is 14.5 Å². The molecule has 4 rings (SSSR count). The number of hydrogen-bond acceptors (Lipinski definition) is 5. The van der Waals surface area contributed by atoms with Crippen LogP contribution in [0.1, 0.15) is 22.3 Å². The van der Waals surface area contributed by atoms with Crippen molar-refractivity contribution in [1.29, 1.82) is 0 Å². The number of benzene rings is 1. The largest absolute Gasteiger partial charge is 0.345 e. The van der Waals surface area contributed by atoms with E-state index in [1.807, 2.05) is 0 Å². The van der Waals surface area contributed by atoms with Gasteiger partial charge in [0.25, 0.3) is 0 Å². The standard InChI is InChI=1S/C19H18ClF2N5O3S/c1-23-11-4-5-27(9-11)31(29,30)26-15-3-2-14(21)16(17(15)22)18(28)13-8-25-19-12(13)6-10(20)7-24-19/h2-3,6-8,11,23,26H,4-5,9H2,1H3,(H,24,25). The fourth-order valence-electron chi connectivity index (χ4n) is 3.53. The van der Waals surface area contributed by atoms with Crippen LogP contribution in [-0.4, -0.2) is 54.7 Å². The van der Waals surface area contributed by atoms with Gasteiger partial charge in [0.2, 0.25) is 5.78 Å². The molecule has 2 aromatic heterocycles. The number of hydrogen-bond donors (Lipinski definition) is 3. The van der Waals surface area contributed by atoms with Crippen LogP contribution in [0.2, 0.25) is 5.02 Å². The first kappa shape index (κ1) is 21.6. The minimum atomic E-state index is -4.09. The number of carbonyl (C=O) groups is 1. The molecule has 1 aromatic carbocycles. The summed E-state index contributed by atoms with van der Waals surface area (Å²) in [6, 6.07) is 3.21. The molecule has 164 valence electrons. The van der Waals surface area contributed by atoms with Crippen molar-refractivity contribution in [3.63, 3.8) is 0 Å². The van der Waals surface area contributed by atoms with Crippen molar-refractivity contribution < 1.29 is 22.0 Å². The maximum absolute atomic E-state index is 15.1. The Hall–Kier alpha value is -2.60. The smallest absolute Gasteiger partial charge is 0.301 e. The Morgan fingerprint density at radius 1 is 1.35 bits per heavy atom. The molecule has 1 fully saturated rings. The second kappa shape index (κ2) is 8.15. The molecule has 3 aromatic rings. The number of pyridine rings is 1. The lowest BCUT2D eigenvalue weighted by molar-refractivity contribution is 0.103. The third-order valence-corrected chi connectivity index (χ3v) is 6.89. The predicted octanol–water partition coefficient (Wildman–Crippen LogP) is 2.68. The van der Waals surface area contributed by atoms with Gasteiger partial charge in [0, 0.05) is 42.5 Å². The normalized spacial score (nSPS) is 17.4. The molecule has 0 bridgehead atoms. The summed E-state index contributed by atoms with van der Waals surface area (Å²) in [6.07, 6.45) is 3.24. The van der Waals surface area contributed by atoms with Crippen molar-refractivity contribution in [2.45, 2.75) is 12.5 Å². The van der Waals surface area contributed by atoms with Gasteiger partial charge in [-0.2, -0.15) is 12.7 Å². The van der Waals surface area contributed by atoms with Crippen molar-refractivity contribution in [3.05, 3.63) is 58.4 Å². The number of H-pyrrole nitrogens is 1. The lowest BCUT2D eigenvalue weighted by Gasteiger charge is -2.18.